The fourth-order valence-electron chi connectivity index (χ4n) is 1.47. The number of thioether (sulfide) groups is 1. The summed E-state index contributed by atoms with van der Waals surface area (Å²) in [4.78, 5) is 4.76. The summed E-state index contributed by atoms with van der Waals surface area (Å²) in [5.74, 6) is 1.82. The molecule has 0 aromatic carbocycles. The number of amidine groups is 1. The van der Waals surface area contributed by atoms with Crippen LogP contribution < -0.4 is 5.32 Å². The summed E-state index contributed by atoms with van der Waals surface area (Å²) in [6.45, 7) is 11.2. The first-order valence-corrected chi connectivity index (χ1v) is 6.98. The van der Waals surface area contributed by atoms with Gasteiger partial charge in [-0.2, -0.15) is 0 Å². The molecule has 0 aromatic heterocycles. The SMILES string of the molecule is CCC(C)C(C)N=C1NC(C)(CC)CS1. The molecule has 1 aliphatic rings. The van der Waals surface area contributed by atoms with Gasteiger partial charge in [0.2, 0.25) is 0 Å². The number of nitrogens with one attached hydrogen (secondary N) is 1. The Morgan fingerprint density at radius 1 is 1.47 bits per heavy atom. The van der Waals surface area contributed by atoms with Gasteiger partial charge in [-0.15, -0.1) is 0 Å². The summed E-state index contributed by atoms with van der Waals surface area (Å²) in [7, 11) is 0. The molecule has 0 aromatic rings. The van der Waals surface area contributed by atoms with Gasteiger partial charge in [0, 0.05) is 11.3 Å². The molecular formula is C12H24N2S. The molecule has 0 amide bonds. The van der Waals surface area contributed by atoms with Gasteiger partial charge in [-0.05, 0) is 26.2 Å². The maximum Gasteiger partial charge on any atom is 0.157 e. The highest BCUT2D eigenvalue weighted by Gasteiger charge is 2.30. The normalized spacial score (nSPS) is 32.7. The zero-order chi connectivity index (χ0) is 11.5. The van der Waals surface area contributed by atoms with Gasteiger partial charge in [0.1, 0.15) is 0 Å². The molecule has 1 heterocycles. The maximum absolute atomic E-state index is 4.76. The highest BCUT2D eigenvalue weighted by atomic mass is 32.2. The van der Waals surface area contributed by atoms with Crippen LogP contribution in [0.4, 0.5) is 0 Å². The summed E-state index contributed by atoms with van der Waals surface area (Å²) in [5.41, 5.74) is 0.263. The van der Waals surface area contributed by atoms with Crippen molar-refractivity contribution in [2.75, 3.05) is 5.75 Å². The van der Waals surface area contributed by atoms with Crippen LogP contribution in [0.15, 0.2) is 4.99 Å². The van der Waals surface area contributed by atoms with E-state index in [0.29, 0.717) is 12.0 Å². The lowest BCUT2D eigenvalue weighted by molar-refractivity contribution is 0.453. The molecule has 0 radical (unpaired) electrons. The van der Waals surface area contributed by atoms with Crippen molar-refractivity contribution < 1.29 is 0 Å². The molecule has 3 heteroatoms. The third-order valence-electron chi connectivity index (χ3n) is 3.50. The Balaban J connectivity index is 2.56. The summed E-state index contributed by atoms with van der Waals surface area (Å²) in [6, 6.07) is 0.434. The van der Waals surface area contributed by atoms with Crippen molar-refractivity contribution in [2.24, 2.45) is 10.9 Å². The number of aliphatic imine (C=N–C) groups is 1. The molecule has 1 N–H and O–H groups in total. The van der Waals surface area contributed by atoms with E-state index in [2.05, 4.69) is 39.9 Å². The van der Waals surface area contributed by atoms with Crippen LogP contribution in [0, 0.1) is 5.92 Å². The van der Waals surface area contributed by atoms with E-state index in [1.807, 2.05) is 11.8 Å². The second kappa shape index (κ2) is 5.24. The summed E-state index contributed by atoms with van der Waals surface area (Å²) in [5, 5.41) is 4.69. The summed E-state index contributed by atoms with van der Waals surface area (Å²) >= 11 is 1.87. The van der Waals surface area contributed by atoms with Crippen molar-refractivity contribution in [2.45, 2.75) is 59.0 Å². The predicted molar refractivity (Wildman–Crippen MR) is 70.6 cm³/mol. The van der Waals surface area contributed by atoms with Crippen LogP contribution >= 0.6 is 11.8 Å². The smallest absolute Gasteiger partial charge is 0.157 e. The standard InChI is InChI=1S/C12H24N2S/c1-6-9(3)10(4)13-11-14-12(5,7-2)8-15-11/h9-10H,6-8H2,1-5H3,(H,13,14). The Bertz CT molecular complexity index is 240. The van der Waals surface area contributed by atoms with Gasteiger partial charge in [-0.25, -0.2) is 0 Å². The van der Waals surface area contributed by atoms with Crippen LogP contribution in [-0.4, -0.2) is 22.5 Å². The molecule has 2 nitrogen and oxygen atoms in total. The van der Waals surface area contributed by atoms with Crippen LogP contribution in [0.25, 0.3) is 0 Å². The van der Waals surface area contributed by atoms with Gasteiger partial charge in [0.05, 0.1) is 6.04 Å². The van der Waals surface area contributed by atoms with Crippen molar-refractivity contribution in [3.05, 3.63) is 0 Å². The molecule has 1 saturated heterocycles. The van der Waals surface area contributed by atoms with Gasteiger partial charge in [-0.1, -0.05) is 39.0 Å². The zero-order valence-electron chi connectivity index (χ0n) is 10.6. The van der Waals surface area contributed by atoms with Crippen LogP contribution in [0.5, 0.6) is 0 Å². The first kappa shape index (κ1) is 12.9. The minimum absolute atomic E-state index is 0.263. The Morgan fingerprint density at radius 2 is 2.13 bits per heavy atom. The molecule has 0 aliphatic carbocycles. The zero-order valence-corrected chi connectivity index (χ0v) is 11.4. The number of hydrogen-bond donors (Lipinski definition) is 1. The van der Waals surface area contributed by atoms with E-state index in [-0.39, 0.29) is 5.54 Å². The van der Waals surface area contributed by atoms with E-state index in [1.54, 1.807) is 0 Å². The number of hydrogen-bond acceptors (Lipinski definition) is 2. The Morgan fingerprint density at radius 3 is 2.60 bits per heavy atom. The molecule has 0 spiro atoms. The van der Waals surface area contributed by atoms with Crippen molar-refractivity contribution >= 4 is 16.9 Å². The summed E-state index contributed by atoms with van der Waals surface area (Å²) < 4.78 is 0. The Kier molecular flexibility index (Phi) is 4.50. The average molecular weight is 228 g/mol. The fraction of sp³-hybridized carbons (Fsp3) is 0.917. The first-order valence-electron chi connectivity index (χ1n) is 5.99. The molecule has 3 atom stereocenters. The lowest BCUT2D eigenvalue weighted by Gasteiger charge is -2.21. The van der Waals surface area contributed by atoms with E-state index in [0.717, 1.165) is 17.3 Å². The Hall–Kier alpha value is -0.180. The second-order valence-corrected chi connectivity index (χ2v) is 5.85. The second-order valence-electron chi connectivity index (χ2n) is 4.89. The van der Waals surface area contributed by atoms with Gasteiger partial charge in [0.25, 0.3) is 0 Å². The quantitative estimate of drug-likeness (QED) is 0.798. The molecule has 1 rings (SSSR count). The van der Waals surface area contributed by atoms with E-state index in [9.17, 15) is 0 Å². The lowest BCUT2D eigenvalue weighted by atomic mass is 10.0. The van der Waals surface area contributed by atoms with Crippen molar-refractivity contribution in [3.63, 3.8) is 0 Å². The van der Waals surface area contributed by atoms with E-state index < -0.39 is 0 Å². The van der Waals surface area contributed by atoms with Gasteiger partial charge in [0.15, 0.2) is 5.17 Å². The maximum atomic E-state index is 4.76. The molecule has 1 fully saturated rings. The fourth-order valence-corrected chi connectivity index (χ4v) is 2.76. The van der Waals surface area contributed by atoms with Crippen molar-refractivity contribution in [3.8, 4) is 0 Å². The lowest BCUT2D eigenvalue weighted by Crippen LogP contribution is -2.40. The van der Waals surface area contributed by atoms with Gasteiger partial charge in [-0.3, -0.25) is 4.99 Å². The molecular weight excluding hydrogens is 204 g/mol. The van der Waals surface area contributed by atoms with Gasteiger partial charge >= 0.3 is 0 Å². The molecule has 0 bridgehead atoms. The third-order valence-corrected chi connectivity index (χ3v) is 4.77. The van der Waals surface area contributed by atoms with Gasteiger partial charge < -0.3 is 5.32 Å². The molecule has 88 valence electrons. The molecule has 0 saturated carbocycles. The topological polar surface area (TPSA) is 24.4 Å². The van der Waals surface area contributed by atoms with Crippen LogP contribution in [0.3, 0.4) is 0 Å². The minimum Gasteiger partial charge on any atom is -0.359 e. The number of rotatable bonds is 4. The largest absolute Gasteiger partial charge is 0.359 e. The van der Waals surface area contributed by atoms with Crippen molar-refractivity contribution in [1.82, 2.24) is 5.32 Å². The Labute approximate surface area is 98.3 Å². The molecule has 3 unspecified atom stereocenters. The molecule has 1 aliphatic heterocycles. The van der Waals surface area contributed by atoms with E-state index in [4.69, 9.17) is 4.99 Å². The predicted octanol–water partition coefficient (Wildman–Crippen LogP) is 3.28. The monoisotopic (exact) mass is 228 g/mol. The molecule has 15 heavy (non-hydrogen) atoms. The third kappa shape index (κ3) is 3.40. The number of nitrogens with zero attached hydrogens (tertiary/aromatic N) is 1. The summed E-state index contributed by atoms with van der Waals surface area (Å²) in [6.07, 6.45) is 2.37. The van der Waals surface area contributed by atoms with Crippen LogP contribution in [-0.2, 0) is 0 Å². The van der Waals surface area contributed by atoms with Crippen molar-refractivity contribution in [1.29, 1.82) is 0 Å². The first-order chi connectivity index (χ1) is 7.00. The van der Waals surface area contributed by atoms with Crippen LogP contribution in [0.1, 0.15) is 47.5 Å². The van der Waals surface area contributed by atoms with E-state index >= 15 is 0 Å². The van der Waals surface area contributed by atoms with E-state index in [1.165, 1.54) is 6.42 Å². The van der Waals surface area contributed by atoms with Crippen LogP contribution in [0.2, 0.25) is 0 Å². The minimum atomic E-state index is 0.263. The average Bonchev–Trinajstić information content (AvgIpc) is 2.60. The highest BCUT2D eigenvalue weighted by molar-refractivity contribution is 8.14. The highest BCUT2D eigenvalue weighted by Crippen LogP contribution is 2.26.